The number of benzene rings is 1. The van der Waals surface area contributed by atoms with Gasteiger partial charge in [0, 0.05) is 24.0 Å². The lowest BCUT2D eigenvalue weighted by atomic mass is 10.2. The van der Waals surface area contributed by atoms with E-state index < -0.39 is 17.9 Å². The fraction of sp³-hybridized carbons (Fsp3) is 0.368. The van der Waals surface area contributed by atoms with Gasteiger partial charge in [0.1, 0.15) is 6.61 Å². The number of carboxylic acid groups (broad SMARTS) is 1. The van der Waals surface area contributed by atoms with Crippen molar-refractivity contribution in [3.8, 4) is 17.6 Å². The van der Waals surface area contributed by atoms with E-state index in [4.69, 9.17) is 14.6 Å². The number of methoxy groups -OCH3 is 1. The first-order valence-corrected chi connectivity index (χ1v) is 9.03. The molecule has 1 N–H and O–H groups in total. The second-order valence-corrected chi connectivity index (χ2v) is 6.93. The van der Waals surface area contributed by atoms with Crippen molar-refractivity contribution in [2.45, 2.75) is 12.5 Å². The molecule has 1 atom stereocenters. The van der Waals surface area contributed by atoms with Crippen LogP contribution in [0.3, 0.4) is 0 Å². The van der Waals surface area contributed by atoms with Crippen molar-refractivity contribution in [1.82, 2.24) is 9.88 Å². The van der Waals surface area contributed by atoms with Gasteiger partial charge in [0.25, 0.3) is 0 Å². The number of halogens is 1. The molecular formula is C19H21FN2O4S. The summed E-state index contributed by atoms with van der Waals surface area (Å²) in [5.74, 6) is 4.34. The predicted octanol–water partition coefficient (Wildman–Crippen LogP) is 2.53. The molecule has 0 saturated heterocycles. The zero-order chi connectivity index (χ0) is 19.8. The molecule has 0 aliphatic carbocycles. The average molecular weight is 392 g/mol. The third-order valence-electron chi connectivity index (χ3n) is 3.57. The third-order valence-corrected chi connectivity index (χ3v) is 4.43. The molecule has 27 heavy (non-hydrogen) atoms. The molecule has 0 fully saturated rings. The van der Waals surface area contributed by atoms with Gasteiger partial charge >= 0.3 is 5.97 Å². The van der Waals surface area contributed by atoms with E-state index in [9.17, 15) is 9.18 Å². The average Bonchev–Trinajstić information content (AvgIpc) is 3.08. The van der Waals surface area contributed by atoms with Gasteiger partial charge in [-0.15, -0.1) is 11.3 Å². The van der Waals surface area contributed by atoms with Crippen molar-refractivity contribution >= 4 is 17.3 Å². The highest BCUT2D eigenvalue weighted by Gasteiger charge is 2.19. The van der Waals surface area contributed by atoms with Crippen LogP contribution < -0.4 is 4.74 Å². The highest BCUT2D eigenvalue weighted by molar-refractivity contribution is 7.09. The van der Waals surface area contributed by atoms with Crippen molar-refractivity contribution in [3.05, 3.63) is 45.7 Å². The maximum atomic E-state index is 14.2. The largest absolute Gasteiger partial charge is 0.488 e. The minimum absolute atomic E-state index is 0.00822. The molecule has 0 aliphatic rings. The first kappa shape index (κ1) is 20.8. The summed E-state index contributed by atoms with van der Waals surface area (Å²) in [6.45, 7) is 0.668. The monoisotopic (exact) mass is 392 g/mol. The summed E-state index contributed by atoms with van der Waals surface area (Å²) in [5, 5.41) is 9.11. The lowest BCUT2D eigenvalue weighted by molar-refractivity contribution is 0.0567. The molecule has 8 heteroatoms. The Balaban J connectivity index is 1.98. The lowest BCUT2D eigenvalue weighted by Gasteiger charge is -2.16. The van der Waals surface area contributed by atoms with E-state index in [0.29, 0.717) is 23.4 Å². The fourth-order valence-corrected chi connectivity index (χ4v) is 3.00. The van der Waals surface area contributed by atoms with Crippen LogP contribution in [0.1, 0.15) is 20.9 Å². The van der Waals surface area contributed by atoms with Crippen LogP contribution in [0, 0.1) is 17.7 Å². The minimum Gasteiger partial charge on any atom is -0.488 e. The molecule has 6 nitrogen and oxygen atoms in total. The Morgan fingerprint density at radius 3 is 2.85 bits per heavy atom. The van der Waals surface area contributed by atoms with Crippen molar-refractivity contribution in [2.24, 2.45) is 0 Å². The SMILES string of the molecule is COC(COc1ccc(C#CCN(C)C)cc1F)Cc1scnc1C(=O)O. The number of rotatable bonds is 8. The second kappa shape index (κ2) is 10.0. The number of carboxylic acids is 1. The number of ether oxygens (including phenoxy) is 2. The first-order valence-electron chi connectivity index (χ1n) is 8.15. The van der Waals surface area contributed by atoms with E-state index in [2.05, 4.69) is 16.8 Å². The number of nitrogens with zero attached hydrogens (tertiary/aromatic N) is 2. The zero-order valence-corrected chi connectivity index (χ0v) is 16.2. The standard InChI is InChI=1S/C19H21FN2O4S/c1-22(2)8-4-5-13-6-7-16(15(20)9-13)26-11-14(25-3)10-17-18(19(23)24)21-12-27-17/h6-7,9,12,14H,8,10-11H2,1-3H3,(H,23,24). The summed E-state index contributed by atoms with van der Waals surface area (Å²) < 4.78 is 25.1. The Labute approximate surface area is 161 Å². The van der Waals surface area contributed by atoms with Crippen molar-refractivity contribution < 1.29 is 23.8 Å². The molecule has 1 aromatic carbocycles. The highest BCUT2D eigenvalue weighted by Crippen LogP contribution is 2.20. The predicted molar refractivity (Wildman–Crippen MR) is 101 cm³/mol. The molecule has 2 rings (SSSR count). The molecule has 2 aromatic rings. The maximum absolute atomic E-state index is 14.2. The number of thiazole rings is 1. The van der Waals surface area contributed by atoms with Gasteiger partial charge < -0.3 is 14.6 Å². The van der Waals surface area contributed by atoms with Crippen LogP contribution >= 0.6 is 11.3 Å². The summed E-state index contributed by atoms with van der Waals surface area (Å²) >= 11 is 1.24. The van der Waals surface area contributed by atoms with Gasteiger partial charge in [0.15, 0.2) is 17.3 Å². The number of hydrogen-bond donors (Lipinski definition) is 1. The Morgan fingerprint density at radius 1 is 1.44 bits per heavy atom. The Hall–Kier alpha value is -2.47. The summed E-state index contributed by atoms with van der Waals surface area (Å²) in [5.41, 5.74) is 2.05. The first-order chi connectivity index (χ1) is 12.9. The van der Waals surface area contributed by atoms with Crippen molar-refractivity contribution in [2.75, 3.05) is 34.4 Å². The maximum Gasteiger partial charge on any atom is 0.355 e. The molecule has 0 bridgehead atoms. The fourth-order valence-electron chi connectivity index (χ4n) is 2.18. The van der Waals surface area contributed by atoms with Crippen LogP contribution in [0.4, 0.5) is 4.39 Å². The number of hydrogen-bond acceptors (Lipinski definition) is 6. The van der Waals surface area contributed by atoms with Crippen LogP contribution in [0.25, 0.3) is 0 Å². The summed E-state index contributed by atoms with van der Waals surface area (Å²) in [6.07, 6.45) is -0.110. The van der Waals surface area contributed by atoms with E-state index in [0.717, 1.165) is 0 Å². The lowest BCUT2D eigenvalue weighted by Crippen LogP contribution is -2.23. The number of carbonyl (C=O) groups is 1. The van der Waals surface area contributed by atoms with E-state index >= 15 is 0 Å². The molecule has 1 unspecified atom stereocenters. The van der Waals surface area contributed by atoms with Gasteiger partial charge in [-0.05, 0) is 32.3 Å². The van der Waals surface area contributed by atoms with Gasteiger partial charge in [-0.1, -0.05) is 11.8 Å². The Bertz CT molecular complexity index is 842. The molecule has 1 aromatic heterocycles. The number of aromatic carboxylic acids is 1. The van der Waals surface area contributed by atoms with Crippen molar-refractivity contribution in [1.29, 1.82) is 0 Å². The zero-order valence-electron chi connectivity index (χ0n) is 15.4. The number of aromatic nitrogens is 1. The van der Waals surface area contributed by atoms with Crippen molar-refractivity contribution in [3.63, 3.8) is 0 Å². The third kappa shape index (κ3) is 6.32. The Kier molecular flexibility index (Phi) is 7.73. The normalized spacial score (nSPS) is 11.7. The highest BCUT2D eigenvalue weighted by atomic mass is 32.1. The van der Waals surface area contributed by atoms with Gasteiger partial charge in [0.05, 0.1) is 18.2 Å². The van der Waals surface area contributed by atoms with E-state index in [1.807, 2.05) is 19.0 Å². The van der Waals surface area contributed by atoms with Crippen LogP contribution in [-0.4, -0.2) is 61.4 Å². The minimum atomic E-state index is -1.08. The smallest absolute Gasteiger partial charge is 0.355 e. The van der Waals surface area contributed by atoms with Gasteiger partial charge in [0.2, 0.25) is 0 Å². The van der Waals surface area contributed by atoms with Gasteiger partial charge in [-0.25, -0.2) is 14.2 Å². The summed E-state index contributed by atoms with van der Waals surface area (Å²) in [6, 6.07) is 4.54. The van der Waals surface area contributed by atoms with E-state index in [1.165, 1.54) is 36.1 Å². The van der Waals surface area contributed by atoms with Crippen LogP contribution in [0.2, 0.25) is 0 Å². The molecule has 0 amide bonds. The molecule has 0 spiro atoms. The second-order valence-electron chi connectivity index (χ2n) is 5.99. The van der Waals surface area contributed by atoms with Gasteiger partial charge in [-0.2, -0.15) is 0 Å². The van der Waals surface area contributed by atoms with Gasteiger partial charge in [-0.3, -0.25) is 4.90 Å². The molecule has 144 valence electrons. The topological polar surface area (TPSA) is 71.9 Å². The quantitative estimate of drug-likeness (QED) is 0.696. The molecular weight excluding hydrogens is 371 g/mol. The van der Waals surface area contributed by atoms with Crippen LogP contribution in [-0.2, 0) is 11.2 Å². The molecule has 0 radical (unpaired) electrons. The Morgan fingerprint density at radius 2 is 2.22 bits per heavy atom. The summed E-state index contributed by atoms with van der Waals surface area (Å²) in [7, 11) is 5.31. The molecule has 1 heterocycles. The van der Waals surface area contributed by atoms with Crippen LogP contribution in [0.5, 0.6) is 5.75 Å². The van der Waals surface area contributed by atoms with E-state index in [-0.39, 0.29) is 18.1 Å². The van der Waals surface area contributed by atoms with Crippen LogP contribution in [0.15, 0.2) is 23.7 Å². The summed E-state index contributed by atoms with van der Waals surface area (Å²) in [4.78, 5) is 17.5. The molecule has 0 saturated carbocycles. The van der Waals surface area contributed by atoms with E-state index in [1.54, 1.807) is 6.07 Å². The molecule has 0 aliphatic heterocycles.